The molecule has 1 heterocycles. The Balaban J connectivity index is 0.00000288. The molecule has 0 atom stereocenters. The number of amides is 2. The van der Waals surface area contributed by atoms with Gasteiger partial charge in [0, 0.05) is 6.54 Å². The summed E-state index contributed by atoms with van der Waals surface area (Å²) in [7, 11) is 0. The molecule has 0 saturated carbocycles. The van der Waals surface area contributed by atoms with E-state index in [-0.39, 0.29) is 18.4 Å². The van der Waals surface area contributed by atoms with E-state index in [1.807, 2.05) is 12.1 Å². The summed E-state index contributed by atoms with van der Waals surface area (Å²) in [4.78, 5) is 11.7. The maximum atomic E-state index is 11.7. The summed E-state index contributed by atoms with van der Waals surface area (Å²) < 4.78 is 5.63. The number of hydrogen-bond acceptors (Lipinski definition) is 3. The van der Waals surface area contributed by atoms with E-state index in [0.717, 1.165) is 51.1 Å². The molecule has 3 N–H and O–H groups in total. The SMILES string of the molecule is CCCc1ccc(OCCNC(=O)NCC2CCNCC2)cc1.Cl. The van der Waals surface area contributed by atoms with Crippen LogP contribution in [0.25, 0.3) is 0 Å². The zero-order valence-electron chi connectivity index (χ0n) is 14.5. The molecule has 5 nitrogen and oxygen atoms in total. The third kappa shape index (κ3) is 7.88. The van der Waals surface area contributed by atoms with Gasteiger partial charge in [-0.15, -0.1) is 12.4 Å². The number of rotatable bonds is 8. The van der Waals surface area contributed by atoms with Crippen molar-refractivity contribution < 1.29 is 9.53 Å². The molecule has 0 radical (unpaired) electrons. The standard InChI is InChI=1S/C18H29N3O2.ClH/c1-2-3-15-4-6-17(7-5-15)23-13-12-20-18(22)21-14-16-8-10-19-11-9-16;/h4-7,16,19H,2-3,8-14H2,1H3,(H2,20,21,22);1H. The van der Waals surface area contributed by atoms with Crippen LogP contribution in [0.5, 0.6) is 5.75 Å². The van der Waals surface area contributed by atoms with Crippen LogP contribution >= 0.6 is 12.4 Å². The van der Waals surface area contributed by atoms with Crippen LogP contribution in [0.15, 0.2) is 24.3 Å². The lowest BCUT2D eigenvalue weighted by Gasteiger charge is -2.22. The van der Waals surface area contributed by atoms with Crippen LogP contribution in [0.4, 0.5) is 4.79 Å². The van der Waals surface area contributed by atoms with Gasteiger partial charge in [-0.2, -0.15) is 0 Å². The van der Waals surface area contributed by atoms with Crippen LogP contribution in [-0.4, -0.2) is 38.8 Å². The zero-order chi connectivity index (χ0) is 16.3. The summed E-state index contributed by atoms with van der Waals surface area (Å²) in [5.74, 6) is 1.45. The molecule has 0 unspecified atom stereocenters. The number of ether oxygens (including phenoxy) is 1. The van der Waals surface area contributed by atoms with Gasteiger partial charge in [0.2, 0.25) is 0 Å². The van der Waals surface area contributed by atoms with Gasteiger partial charge in [-0.05, 0) is 56.0 Å². The Kier molecular flexibility index (Phi) is 10.3. The number of piperidine rings is 1. The van der Waals surface area contributed by atoms with Gasteiger partial charge >= 0.3 is 6.03 Å². The molecule has 1 aromatic rings. The van der Waals surface area contributed by atoms with E-state index in [1.54, 1.807) is 0 Å². The molecule has 0 aliphatic carbocycles. The number of halogens is 1. The van der Waals surface area contributed by atoms with Crippen LogP contribution < -0.4 is 20.7 Å². The Bertz CT molecular complexity index is 462. The first-order valence-electron chi connectivity index (χ1n) is 8.72. The van der Waals surface area contributed by atoms with Crippen molar-refractivity contribution in [3.05, 3.63) is 29.8 Å². The Morgan fingerprint density at radius 3 is 2.58 bits per heavy atom. The minimum atomic E-state index is -0.106. The van der Waals surface area contributed by atoms with E-state index in [0.29, 0.717) is 19.1 Å². The molecule has 136 valence electrons. The van der Waals surface area contributed by atoms with Crippen molar-refractivity contribution in [2.45, 2.75) is 32.6 Å². The number of carbonyl (C=O) groups excluding carboxylic acids is 1. The monoisotopic (exact) mass is 355 g/mol. The highest BCUT2D eigenvalue weighted by molar-refractivity contribution is 5.85. The minimum absolute atomic E-state index is 0. The molecule has 0 aromatic heterocycles. The Morgan fingerprint density at radius 2 is 1.92 bits per heavy atom. The first kappa shape index (κ1) is 20.6. The fourth-order valence-corrected chi connectivity index (χ4v) is 2.76. The van der Waals surface area contributed by atoms with Crippen LogP contribution in [0, 0.1) is 5.92 Å². The Labute approximate surface area is 151 Å². The molecule has 1 aliphatic heterocycles. The highest BCUT2D eigenvalue weighted by Gasteiger charge is 2.13. The van der Waals surface area contributed by atoms with Gasteiger partial charge in [-0.1, -0.05) is 25.5 Å². The highest BCUT2D eigenvalue weighted by Crippen LogP contribution is 2.13. The summed E-state index contributed by atoms with van der Waals surface area (Å²) >= 11 is 0. The molecule has 1 aliphatic rings. The smallest absolute Gasteiger partial charge is 0.314 e. The number of benzene rings is 1. The lowest BCUT2D eigenvalue weighted by Crippen LogP contribution is -2.41. The van der Waals surface area contributed by atoms with E-state index in [1.165, 1.54) is 5.56 Å². The van der Waals surface area contributed by atoms with Crippen molar-refractivity contribution in [3.8, 4) is 5.75 Å². The van der Waals surface area contributed by atoms with Gasteiger partial charge in [0.15, 0.2) is 0 Å². The van der Waals surface area contributed by atoms with E-state index < -0.39 is 0 Å². The highest BCUT2D eigenvalue weighted by atomic mass is 35.5. The molecule has 2 rings (SSSR count). The minimum Gasteiger partial charge on any atom is -0.492 e. The molecule has 0 bridgehead atoms. The van der Waals surface area contributed by atoms with Crippen molar-refractivity contribution in [3.63, 3.8) is 0 Å². The third-order valence-electron chi connectivity index (χ3n) is 4.13. The van der Waals surface area contributed by atoms with Crippen molar-refractivity contribution >= 4 is 18.4 Å². The molecular weight excluding hydrogens is 326 g/mol. The average Bonchev–Trinajstić information content (AvgIpc) is 2.59. The van der Waals surface area contributed by atoms with Crippen LogP contribution in [-0.2, 0) is 6.42 Å². The number of carbonyl (C=O) groups is 1. The van der Waals surface area contributed by atoms with E-state index in [9.17, 15) is 4.79 Å². The number of aryl methyl sites for hydroxylation is 1. The molecule has 2 amide bonds. The molecule has 0 spiro atoms. The summed E-state index contributed by atoms with van der Waals surface area (Å²) in [5, 5.41) is 9.10. The lowest BCUT2D eigenvalue weighted by molar-refractivity contribution is 0.232. The van der Waals surface area contributed by atoms with Gasteiger partial charge in [0.25, 0.3) is 0 Å². The Hall–Kier alpha value is -1.46. The van der Waals surface area contributed by atoms with Gasteiger partial charge < -0.3 is 20.7 Å². The Morgan fingerprint density at radius 1 is 1.21 bits per heavy atom. The second-order valence-electron chi connectivity index (χ2n) is 6.07. The average molecular weight is 356 g/mol. The van der Waals surface area contributed by atoms with Gasteiger partial charge in [0.1, 0.15) is 12.4 Å². The van der Waals surface area contributed by atoms with Crippen molar-refractivity contribution in [2.24, 2.45) is 5.92 Å². The van der Waals surface area contributed by atoms with Crippen LogP contribution in [0.2, 0.25) is 0 Å². The first-order valence-corrected chi connectivity index (χ1v) is 8.72. The topological polar surface area (TPSA) is 62.4 Å². The maximum absolute atomic E-state index is 11.7. The second kappa shape index (κ2) is 12.0. The van der Waals surface area contributed by atoms with E-state index in [4.69, 9.17) is 4.74 Å². The molecule has 1 fully saturated rings. The molecule has 6 heteroatoms. The van der Waals surface area contributed by atoms with Crippen LogP contribution in [0.1, 0.15) is 31.7 Å². The summed E-state index contributed by atoms with van der Waals surface area (Å²) in [5.41, 5.74) is 1.33. The maximum Gasteiger partial charge on any atom is 0.314 e. The summed E-state index contributed by atoms with van der Waals surface area (Å²) in [6.07, 6.45) is 4.52. The second-order valence-corrected chi connectivity index (χ2v) is 6.07. The van der Waals surface area contributed by atoms with Crippen molar-refractivity contribution in [1.29, 1.82) is 0 Å². The largest absolute Gasteiger partial charge is 0.492 e. The fourth-order valence-electron chi connectivity index (χ4n) is 2.76. The summed E-state index contributed by atoms with van der Waals surface area (Å²) in [6, 6.07) is 8.06. The first-order chi connectivity index (χ1) is 11.3. The number of urea groups is 1. The predicted molar refractivity (Wildman–Crippen MR) is 100 cm³/mol. The third-order valence-corrected chi connectivity index (χ3v) is 4.13. The predicted octanol–water partition coefficient (Wildman–Crippen LogP) is 2.74. The normalized spacial score (nSPS) is 14.5. The van der Waals surface area contributed by atoms with Crippen molar-refractivity contribution in [2.75, 3.05) is 32.8 Å². The summed E-state index contributed by atoms with van der Waals surface area (Å²) in [6.45, 7) is 6.03. The van der Waals surface area contributed by atoms with Crippen molar-refractivity contribution in [1.82, 2.24) is 16.0 Å². The number of nitrogens with one attached hydrogen (secondary N) is 3. The lowest BCUT2D eigenvalue weighted by atomic mass is 9.98. The number of hydrogen-bond donors (Lipinski definition) is 3. The van der Waals surface area contributed by atoms with Gasteiger partial charge in [-0.25, -0.2) is 4.79 Å². The van der Waals surface area contributed by atoms with Gasteiger partial charge in [0.05, 0.1) is 6.54 Å². The fraction of sp³-hybridized carbons (Fsp3) is 0.611. The van der Waals surface area contributed by atoms with Crippen LogP contribution in [0.3, 0.4) is 0 Å². The van der Waals surface area contributed by atoms with Gasteiger partial charge in [-0.3, -0.25) is 0 Å². The quantitative estimate of drug-likeness (QED) is 0.628. The molecule has 24 heavy (non-hydrogen) atoms. The van der Waals surface area contributed by atoms with E-state index in [2.05, 4.69) is 35.0 Å². The molecule has 1 saturated heterocycles. The molecular formula is C18H30ClN3O2. The zero-order valence-corrected chi connectivity index (χ0v) is 15.3. The van der Waals surface area contributed by atoms with E-state index >= 15 is 0 Å². The molecule has 1 aromatic carbocycles.